The first-order valence-electron chi connectivity index (χ1n) is 5.93. The Morgan fingerprint density at radius 1 is 1.05 bits per heavy atom. The average molecular weight is 269 g/mol. The molecule has 6 heteroatoms. The fraction of sp³-hybridized carbons (Fsp3) is 0.385. The van der Waals surface area contributed by atoms with Crippen molar-refractivity contribution in [2.24, 2.45) is 0 Å². The number of rotatable bonds is 1. The highest BCUT2D eigenvalue weighted by molar-refractivity contribution is 6.27. The Kier molecular flexibility index (Phi) is 5.95. The second-order valence-electron chi connectivity index (χ2n) is 4.19. The summed E-state index contributed by atoms with van der Waals surface area (Å²) in [6, 6.07) is 6.92. The summed E-state index contributed by atoms with van der Waals surface area (Å²) in [4.78, 5) is 18.2. The highest BCUT2D eigenvalue weighted by atomic mass is 19.1. The fourth-order valence-corrected chi connectivity index (χ4v) is 1.89. The SMILES string of the molecule is Fc1ccc(C2CCNCC2)cc1.O=C(O)C(=O)O. The number of carboxylic acids is 2. The van der Waals surface area contributed by atoms with Crippen molar-refractivity contribution in [3.8, 4) is 0 Å². The summed E-state index contributed by atoms with van der Waals surface area (Å²) in [5.41, 5.74) is 1.28. The lowest BCUT2D eigenvalue weighted by molar-refractivity contribution is -0.159. The number of carbonyl (C=O) groups is 2. The monoisotopic (exact) mass is 269 g/mol. The zero-order chi connectivity index (χ0) is 14.3. The van der Waals surface area contributed by atoms with Crippen LogP contribution in [0.4, 0.5) is 4.39 Å². The molecule has 0 saturated carbocycles. The van der Waals surface area contributed by atoms with Gasteiger partial charge in [0.05, 0.1) is 0 Å². The molecule has 1 saturated heterocycles. The minimum absolute atomic E-state index is 0.141. The van der Waals surface area contributed by atoms with E-state index in [4.69, 9.17) is 19.8 Å². The lowest BCUT2D eigenvalue weighted by atomic mass is 9.90. The first kappa shape index (κ1) is 15.1. The smallest absolute Gasteiger partial charge is 0.414 e. The summed E-state index contributed by atoms with van der Waals surface area (Å²) >= 11 is 0. The molecule has 1 heterocycles. The van der Waals surface area contributed by atoms with Crippen molar-refractivity contribution >= 4 is 11.9 Å². The minimum Gasteiger partial charge on any atom is -0.473 e. The molecule has 3 N–H and O–H groups in total. The maximum Gasteiger partial charge on any atom is 0.414 e. The second-order valence-corrected chi connectivity index (χ2v) is 4.19. The van der Waals surface area contributed by atoms with Crippen molar-refractivity contribution in [1.82, 2.24) is 5.32 Å². The number of aliphatic carboxylic acids is 2. The van der Waals surface area contributed by atoms with Crippen LogP contribution < -0.4 is 5.32 Å². The molecule has 1 aliphatic heterocycles. The van der Waals surface area contributed by atoms with Crippen molar-refractivity contribution in [2.45, 2.75) is 18.8 Å². The van der Waals surface area contributed by atoms with Crippen molar-refractivity contribution in [1.29, 1.82) is 0 Å². The Hall–Kier alpha value is -1.95. The molecular formula is C13H16FNO4. The van der Waals surface area contributed by atoms with E-state index in [2.05, 4.69) is 5.32 Å². The maximum atomic E-state index is 12.6. The number of halogens is 1. The molecule has 0 spiro atoms. The third kappa shape index (κ3) is 5.48. The van der Waals surface area contributed by atoms with Crippen molar-refractivity contribution < 1.29 is 24.2 Å². The van der Waals surface area contributed by atoms with E-state index in [0.717, 1.165) is 13.1 Å². The maximum absolute atomic E-state index is 12.6. The highest BCUT2D eigenvalue weighted by Gasteiger charge is 2.14. The summed E-state index contributed by atoms with van der Waals surface area (Å²) in [6.07, 6.45) is 2.34. The molecule has 1 aliphatic rings. The number of hydrogen-bond acceptors (Lipinski definition) is 3. The lowest BCUT2D eigenvalue weighted by Gasteiger charge is -2.22. The molecule has 0 aliphatic carbocycles. The van der Waals surface area contributed by atoms with Gasteiger partial charge in [0.1, 0.15) is 5.82 Å². The number of hydrogen-bond donors (Lipinski definition) is 3. The van der Waals surface area contributed by atoms with Gasteiger partial charge in [-0.1, -0.05) is 12.1 Å². The molecule has 1 fully saturated rings. The quantitative estimate of drug-likeness (QED) is 0.672. The van der Waals surface area contributed by atoms with Gasteiger partial charge < -0.3 is 15.5 Å². The van der Waals surface area contributed by atoms with E-state index in [-0.39, 0.29) is 5.82 Å². The van der Waals surface area contributed by atoms with Gasteiger partial charge >= 0.3 is 11.9 Å². The second kappa shape index (κ2) is 7.48. The minimum atomic E-state index is -1.82. The Morgan fingerprint density at radius 3 is 1.95 bits per heavy atom. The van der Waals surface area contributed by atoms with Crippen molar-refractivity contribution in [3.63, 3.8) is 0 Å². The predicted octanol–water partition coefficient (Wildman–Crippen LogP) is 1.45. The van der Waals surface area contributed by atoms with E-state index >= 15 is 0 Å². The molecule has 1 aromatic carbocycles. The normalized spacial score (nSPS) is 15.2. The number of carboxylic acid groups (broad SMARTS) is 2. The van der Waals surface area contributed by atoms with Crippen LogP contribution in [0.25, 0.3) is 0 Å². The first-order valence-corrected chi connectivity index (χ1v) is 5.93. The molecule has 0 bridgehead atoms. The van der Waals surface area contributed by atoms with Crippen LogP contribution in [0, 0.1) is 5.82 Å². The van der Waals surface area contributed by atoms with Crippen molar-refractivity contribution in [2.75, 3.05) is 13.1 Å². The van der Waals surface area contributed by atoms with Crippen molar-refractivity contribution in [3.05, 3.63) is 35.6 Å². The molecule has 104 valence electrons. The van der Waals surface area contributed by atoms with Gasteiger partial charge in [-0.15, -0.1) is 0 Å². The zero-order valence-corrected chi connectivity index (χ0v) is 10.3. The van der Waals surface area contributed by atoms with Gasteiger partial charge in [0.25, 0.3) is 0 Å². The summed E-state index contributed by atoms with van der Waals surface area (Å²) < 4.78 is 12.6. The molecular weight excluding hydrogens is 253 g/mol. The van der Waals surface area contributed by atoms with Crippen LogP contribution in [-0.2, 0) is 9.59 Å². The van der Waals surface area contributed by atoms with Gasteiger partial charge in [0.2, 0.25) is 0 Å². The Labute approximate surface area is 110 Å². The van der Waals surface area contributed by atoms with Gasteiger partial charge in [-0.2, -0.15) is 0 Å². The number of piperidine rings is 1. The molecule has 0 radical (unpaired) electrons. The van der Waals surface area contributed by atoms with Gasteiger partial charge in [-0.25, -0.2) is 14.0 Å². The van der Waals surface area contributed by atoms with E-state index < -0.39 is 11.9 Å². The molecule has 0 unspecified atom stereocenters. The Morgan fingerprint density at radius 2 is 1.53 bits per heavy atom. The lowest BCUT2D eigenvalue weighted by Crippen LogP contribution is -2.26. The summed E-state index contributed by atoms with van der Waals surface area (Å²) in [5.74, 6) is -3.16. The standard InChI is InChI=1S/C11H14FN.C2H2O4/c12-11-3-1-9(2-4-11)10-5-7-13-8-6-10;3-1(4)2(5)6/h1-4,10,13H,5-8H2;(H,3,4)(H,5,6). The molecule has 0 amide bonds. The fourth-order valence-electron chi connectivity index (χ4n) is 1.89. The van der Waals surface area contributed by atoms with Crippen LogP contribution in [0.3, 0.4) is 0 Å². The van der Waals surface area contributed by atoms with Gasteiger partial charge in [-0.3, -0.25) is 0 Å². The van der Waals surface area contributed by atoms with E-state index in [0.29, 0.717) is 5.92 Å². The van der Waals surface area contributed by atoms with Gasteiger partial charge in [0.15, 0.2) is 0 Å². The Bertz CT molecular complexity index is 415. The third-order valence-corrected chi connectivity index (χ3v) is 2.86. The molecule has 0 aromatic heterocycles. The average Bonchev–Trinajstić information content (AvgIpc) is 2.41. The predicted molar refractivity (Wildman–Crippen MR) is 66.5 cm³/mol. The summed E-state index contributed by atoms with van der Waals surface area (Å²) in [6.45, 7) is 2.17. The summed E-state index contributed by atoms with van der Waals surface area (Å²) in [7, 11) is 0. The number of benzene rings is 1. The van der Waals surface area contributed by atoms with E-state index in [1.807, 2.05) is 12.1 Å². The zero-order valence-electron chi connectivity index (χ0n) is 10.3. The molecule has 0 atom stereocenters. The first-order chi connectivity index (χ1) is 9.00. The van der Waals surface area contributed by atoms with Crippen LogP contribution >= 0.6 is 0 Å². The van der Waals surface area contributed by atoms with E-state index in [1.165, 1.54) is 18.4 Å². The molecule has 1 aromatic rings. The third-order valence-electron chi connectivity index (χ3n) is 2.86. The van der Waals surface area contributed by atoms with Gasteiger partial charge in [-0.05, 0) is 49.5 Å². The molecule has 19 heavy (non-hydrogen) atoms. The molecule has 5 nitrogen and oxygen atoms in total. The summed E-state index contributed by atoms with van der Waals surface area (Å²) in [5, 5.41) is 18.1. The van der Waals surface area contributed by atoms with E-state index in [9.17, 15) is 4.39 Å². The van der Waals surface area contributed by atoms with Crippen LogP contribution in [-0.4, -0.2) is 35.2 Å². The van der Waals surface area contributed by atoms with Crippen LogP contribution in [0.5, 0.6) is 0 Å². The molecule has 2 rings (SSSR count). The van der Waals surface area contributed by atoms with Gasteiger partial charge in [0, 0.05) is 0 Å². The number of nitrogens with one attached hydrogen (secondary N) is 1. The van der Waals surface area contributed by atoms with Crippen LogP contribution in [0.2, 0.25) is 0 Å². The largest absolute Gasteiger partial charge is 0.473 e. The topological polar surface area (TPSA) is 86.6 Å². The Balaban J connectivity index is 0.000000258. The van der Waals surface area contributed by atoms with Crippen LogP contribution in [0.15, 0.2) is 24.3 Å². The highest BCUT2D eigenvalue weighted by Crippen LogP contribution is 2.24. The van der Waals surface area contributed by atoms with E-state index in [1.54, 1.807) is 12.1 Å². The van der Waals surface area contributed by atoms with Crippen LogP contribution in [0.1, 0.15) is 24.3 Å².